The number of ketones is 1. The van der Waals surface area contributed by atoms with Gasteiger partial charge in [0.05, 0.1) is 12.5 Å². The lowest BCUT2D eigenvalue weighted by atomic mass is 9.47. The molecule has 120 valence electrons. The molecule has 2 nitrogen and oxygen atoms in total. The lowest BCUT2D eigenvalue weighted by Gasteiger charge is -2.57. The molecule has 1 heterocycles. The minimum atomic E-state index is 0.200. The number of hydrogen-bond acceptors (Lipinski definition) is 2. The van der Waals surface area contributed by atoms with Crippen molar-refractivity contribution in [2.45, 2.75) is 59.8 Å². The van der Waals surface area contributed by atoms with E-state index in [2.05, 4.69) is 33.8 Å². The Morgan fingerprint density at radius 3 is 2.82 bits per heavy atom. The molecule has 0 unspecified atom stereocenters. The molecule has 4 atom stereocenters. The smallest absolute Gasteiger partial charge is 0.155 e. The summed E-state index contributed by atoms with van der Waals surface area (Å²) in [5, 5.41) is 0. The molecule has 22 heavy (non-hydrogen) atoms. The predicted octanol–water partition coefficient (Wildman–Crippen LogP) is 5.19. The first-order valence-corrected chi connectivity index (χ1v) is 8.59. The van der Waals surface area contributed by atoms with Gasteiger partial charge in [0.2, 0.25) is 0 Å². The van der Waals surface area contributed by atoms with Crippen molar-refractivity contribution in [2.75, 3.05) is 0 Å². The van der Waals surface area contributed by atoms with E-state index in [0.717, 1.165) is 19.3 Å². The van der Waals surface area contributed by atoms with E-state index in [4.69, 9.17) is 4.42 Å². The van der Waals surface area contributed by atoms with E-state index in [9.17, 15) is 4.79 Å². The summed E-state index contributed by atoms with van der Waals surface area (Å²) in [6.45, 7) is 9.35. The zero-order chi connectivity index (χ0) is 16.0. The maximum absolute atomic E-state index is 12.2. The van der Waals surface area contributed by atoms with E-state index in [1.54, 1.807) is 6.26 Å². The van der Waals surface area contributed by atoms with Gasteiger partial charge >= 0.3 is 0 Å². The summed E-state index contributed by atoms with van der Waals surface area (Å²) in [4.78, 5) is 12.2. The van der Waals surface area contributed by atoms with Gasteiger partial charge in [-0.15, -0.1) is 0 Å². The van der Waals surface area contributed by atoms with Gasteiger partial charge in [0, 0.05) is 6.42 Å². The van der Waals surface area contributed by atoms with Crippen LogP contribution in [0.4, 0.5) is 0 Å². The SMILES string of the molecule is CC1=CC(=O)C[C@@H]2[C@@](C)(CCc3ccoc3)[C@H](C)CC[C@@]12C. The average molecular weight is 300 g/mol. The minimum Gasteiger partial charge on any atom is -0.472 e. The maximum Gasteiger partial charge on any atom is 0.155 e. The lowest BCUT2D eigenvalue weighted by Crippen LogP contribution is -2.51. The quantitative estimate of drug-likeness (QED) is 0.769. The van der Waals surface area contributed by atoms with E-state index < -0.39 is 0 Å². The fraction of sp³-hybridized carbons (Fsp3) is 0.650. The third-order valence-corrected chi connectivity index (χ3v) is 7.00. The Kier molecular flexibility index (Phi) is 3.82. The Labute approximate surface area is 134 Å². The summed E-state index contributed by atoms with van der Waals surface area (Å²) in [6, 6.07) is 2.06. The number of carbonyl (C=O) groups is 1. The fourth-order valence-electron chi connectivity index (χ4n) is 4.96. The highest BCUT2D eigenvalue weighted by atomic mass is 16.3. The molecule has 1 aromatic heterocycles. The number of allylic oxidation sites excluding steroid dienone is 2. The molecule has 1 fully saturated rings. The number of furan rings is 1. The Bertz CT molecular complexity index is 583. The van der Waals surface area contributed by atoms with Gasteiger partial charge in [0.1, 0.15) is 0 Å². The van der Waals surface area contributed by atoms with Crippen LogP contribution < -0.4 is 0 Å². The number of rotatable bonds is 3. The van der Waals surface area contributed by atoms with Crippen molar-refractivity contribution < 1.29 is 9.21 Å². The Morgan fingerprint density at radius 2 is 2.14 bits per heavy atom. The second-order valence-corrected chi connectivity index (χ2v) is 8.04. The van der Waals surface area contributed by atoms with Gasteiger partial charge in [-0.25, -0.2) is 0 Å². The van der Waals surface area contributed by atoms with Crippen LogP contribution in [0, 0.1) is 22.7 Å². The summed E-state index contributed by atoms with van der Waals surface area (Å²) < 4.78 is 5.21. The molecule has 0 amide bonds. The summed E-state index contributed by atoms with van der Waals surface area (Å²) in [7, 11) is 0. The molecular weight excluding hydrogens is 272 g/mol. The highest BCUT2D eigenvalue weighted by Crippen LogP contribution is 2.61. The third kappa shape index (κ3) is 2.37. The van der Waals surface area contributed by atoms with Gasteiger partial charge in [0.15, 0.2) is 5.78 Å². The van der Waals surface area contributed by atoms with Gasteiger partial charge in [-0.2, -0.15) is 0 Å². The second kappa shape index (κ2) is 5.40. The molecule has 0 N–H and O–H groups in total. The van der Waals surface area contributed by atoms with Crippen LogP contribution in [0.2, 0.25) is 0 Å². The van der Waals surface area contributed by atoms with Gasteiger partial charge in [-0.05, 0) is 73.0 Å². The number of carbonyl (C=O) groups excluding carboxylic acids is 1. The largest absolute Gasteiger partial charge is 0.472 e. The van der Waals surface area contributed by atoms with Crippen LogP contribution in [-0.2, 0) is 11.2 Å². The molecule has 0 aliphatic heterocycles. The average Bonchev–Trinajstić information content (AvgIpc) is 2.98. The van der Waals surface area contributed by atoms with Crippen LogP contribution in [0.3, 0.4) is 0 Å². The van der Waals surface area contributed by atoms with E-state index in [1.807, 2.05) is 12.3 Å². The Morgan fingerprint density at radius 1 is 1.36 bits per heavy atom. The molecular formula is C20H28O2. The highest BCUT2D eigenvalue weighted by molar-refractivity contribution is 5.92. The highest BCUT2D eigenvalue weighted by Gasteiger charge is 2.54. The Balaban J connectivity index is 1.90. The molecule has 1 aromatic rings. The first-order chi connectivity index (χ1) is 10.4. The molecule has 2 aliphatic carbocycles. The van der Waals surface area contributed by atoms with Crippen molar-refractivity contribution in [2.24, 2.45) is 22.7 Å². The van der Waals surface area contributed by atoms with Crippen molar-refractivity contribution >= 4 is 5.78 Å². The molecule has 1 saturated carbocycles. The molecule has 2 aliphatic rings. The van der Waals surface area contributed by atoms with Crippen molar-refractivity contribution in [3.05, 3.63) is 35.8 Å². The first-order valence-electron chi connectivity index (χ1n) is 8.59. The van der Waals surface area contributed by atoms with Crippen molar-refractivity contribution in [1.82, 2.24) is 0 Å². The summed E-state index contributed by atoms with van der Waals surface area (Å²) in [6.07, 6.45) is 10.9. The lowest BCUT2D eigenvalue weighted by molar-refractivity contribution is -0.123. The van der Waals surface area contributed by atoms with E-state index in [0.29, 0.717) is 17.6 Å². The van der Waals surface area contributed by atoms with Gasteiger partial charge in [-0.3, -0.25) is 4.79 Å². The third-order valence-electron chi connectivity index (χ3n) is 7.00. The summed E-state index contributed by atoms with van der Waals surface area (Å²) >= 11 is 0. The van der Waals surface area contributed by atoms with E-state index in [-0.39, 0.29) is 10.8 Å². The molecule has 0 spiro atoms. The van der Waals surface area contributed by atoms with Crippen LogP contribution in [0.5, 0.6) is 0 Å². The van der Waals surface area contributed by atoms with Crippen LogP contribution >= 0.6 is 0 Å². The van der Waals surface area contributed by atoms with Crippen molar-refractivity contribution in [3.8, 4) is 0 Å². The zero-order valence-electron chi connectivity index (χ0n) is 14.3. The summed E-state index contributed by atoms with van der Waals surface area (Å²) in [5.74, 6) is 1.45. The number of hydrogen-bond donors (Lipinski definition) is 0. The number of aryl methyl sites for hydroxylation is 1. The molecule has 2 heteroatoms. The topological polar surface area (TPSA) is 30.2 Å². The normalized spacial score (nSPS) is 38.5. The predicted molar refractivity (Wildman–Crippen MR) is 88.5 cm³/mol. The van der Waals surface area contributed by atoms with Crippen molar-refractivity contribution in [1.29, 1.82) is 0 Å². The van der Waals surface area contributed by atoms with Gasteiger partial charge in [0.25, 0.3) is 0 Å². The van der Waals surface area contributed by atoms with Crippen LogP contribution in [0.1, 0.15) is 58.9 Å². The minimum absolute atomic E-state index is 0.200. The maximum atomic E-state index is 12.2. The van der Waals surface area contributed by atoms with Crippen LogP contribution in [0.25, 0.3) is 0 Å². The van der Waals surface area contributed by atoms with E-state index in [1.165, 1.54) is 24.0 Å². The monoisotopic (exact) mass is 300 g/mol. The molecule has 0 saturated heterocycles. The summed E-state index contributed by atoms with van der Waals surface area (Å²) in [5.41, 5.74) is 2.99. The van der Waals surface area contributed by atoms with Crippen LogP contribution in [-0.4, -0.2) is 5.78 Å². The molecule has 0 bridgehead atoms. The van der Waals surface area contributed by atoms with Gasteiger partial charge < -0.3 is 4.42 Å². The number of fused-ring (bicyclic) bond motifs is 1. The van der Waals surface area contributed by atoms with Crippen LogP contribution in [0.15, 0.2) is 34.7 Å². The van der Waals surface area contributed by atoms with Gasteiger partial charge in [-0.1, -0.05) is 26.3 Å². The zero-order valence-corrected chi connectivity index (χ0v) is 14.3. The standard InChI is InChI=1S/C20H28O2/c1-14-5-8-20(4)15(2)11-17(21)12-18(20)19(14,3)9-6-16-7-10-22-13-16/h7,10-11,13-14,18H,5-6,8-9,12H2,1-4H3/t14-,18-,19+,20+/m1/s1. The Hall–Kier alpha value is -1.31. The fourth-order valence-corrected chi connectivity index (χ4v) is 4.96. The molecule has 3 rings (SSSR count). The molecule has 0 radical (unpaired) electrons. The van der Waals surface area contributed by atoms with Crippen molar-refractivity contribution in [3.63, 3.8) is 0 Å². The second-order valence-electron chi connectivity index (χ2n) is 8.04. The molecule has 0 aromatic carbocycles. The first kappa shape index (κ1) is 15.6. The van der Waals surface area contributed by atoms with E-state index >= 15 is 0 Å².